The van der Waals surface area contributed by atoms with Gasteiger partial charge in [-0.25, -0.2) is 4.98 Å². The van der Waals surface area contributed by atoms with Crippen molar-refractivity contribution >= 4 is 22.9 Å². The van der Waals surface area contributed by atoms with Crippen molar-refractivity contribution in [2.75, 3.05) is 5.32 Å². The first-order chi connectivity index (χ1) is 12.2. The highest BCUT2D eigenvalue weighted by Gasteiger charge is 2.18. The summed E-state index contributed by atoms with van der Waals surface area (Å²) in [5.41, 5.74) is 2.90. The van der Waals surface area contributed by atoms with Crippen molar-refractivity contribution in [2.24, 2.45) is 0 Å². The lowest BCUT2D eigenvalue weighted by Crippen LogP contribution is -2.13. The van der Waals surface area contributed by atoms with Crippen molar-refractivity contribution < 1.29 is 9.21 Å². The monoisotopic (exact) mass is 350 g/mol. The molecule has 25 heavy (non-hydrogen) atoms. The van der Waals surface area contributed by atoms with Gasteiger partial charge in [0.2, 0.25) is 5.89 Å². The minimum absolute atomic E-state index is 0.293. The Morgan fingerprint density at radius 1 is 1.20 bits per heavy atom. The number of hydrogen-bond acceptors (Lipinski definition) is 5. The number of amides is 1. The van der Waals surface area contributed by atoms with Crippen molar-refractivity contribution in [3.63, 3.8) is 0 Å². The number of benzene rings is 1. The van der Waals surface area contributed by atoms with E-state index >= 15 is 0 Å². The van der Waals surface area contributed by atoms with Crippen molar-refractivity contribution in [1.29, 1.82) is 0 Å². The number of aromatic amines is 1. The molecule has 1 aromatic carbocycles. The molecule has 0 spiro atoms. The number of carbonyl (C=O) groups is 1. The van der Waals surface area contributed by atoms with E-state index in [-0.39, 0.29) is 5.91 Å². The minimum atomic E-state index is -0.293. The van der Waals surface area contributed by atoms with Crippen LogP contribution in [0.4, 0.5) is 5.69 Å². The Balaban J connectivity index is 1.52. The zero-order valence-electron chi connectivity index (χ0n) is 13.3. The van der Waals surface area contributed by atoms with Crippen LogP contribution in [-0.4, -0.2) is 21.1 Å². The van der Waals surface area contributed by atoms with Crippen molar-refractivity contribution in [3.05, 3.63) is 65.5 Å². The zero-order chi connectivity index (χ0) is 17.2. The Kier molecular flexibility index (Phi) is 3.91. The second-order valence-corrected chi connectivity index (χ2v) is 6.35. The summed E-state index contributed by atoms with van der Waals surface area (Å²) in [6.45, 7) is 1.74. The summed E-state index contributed by atoms with van der Waals surface area (Å²) in [6.07, 6.45) is 1.70. The number of nitrogens with one attached hydrogen (secondary N) is 2. The van der Waals surface area contributed by atoms with Crippen molar-refractivity contribution in [3.8, 4) is 22.0 Å². The number of thiophene rings is 1. The molecular formula is C18H14N4O2S. The van der Waals surface area contributed by atoms with Gasteiger partial charge in [-0.2, -0.15) is 5.10 Å². The number of hydrogen-bond donors (Lipinski definition) is 2. The number of H-pyrrole nitrogens is 1. The van der Waals surface area contributed by atoms with Crippen LogP contribution in [0.5, 0.6) is 0 Å². The van der Waals surface area contributed by atoms with Gasteiger partial charge in [-0.1, -0.05) is 18.2 Å². The Hall–Kier alpha value is -3.19. The van der Waals surface area contributed by atoms with Crippen LogP contribution in [0.1, 0.15) is 16.2 Å². The molecule has 0 bridgehead atoms. The molecular weight excluding hydrogens is 336 g/mol. The van der Waals surface area contributed by atoms with E-state index in [0.717, 1.165) is 16.1 Å². The first kappa shape index (κ1) is 15.3. The van der Waals surface area contributed by atoms with Gasteiger partial charge < -0.3 is 9.73 Å². The Bertz CT molecular complexity index is 987. The average molecular weight is 350 g/mol. The summed E-state index contributed by atoms with van der Waals surface area (Å²) < 4.78 is 5.61. The molecule has 0 saturated carbocycles. The molecule has 4 aromatic rings. The van der Waals surface area contributed by atoms with Crippen LogP contribution >= 0.6 is 11.3 Å². The molecule has 2 N–H and O–H groups in total. The molecule has 4 rings (SSSR count). The fraction of sp³-hybridized carbons (Fsp3) is 0.0556. The van der Waals surface area contributed by atoms with Crippen molar-refractivity contribution in [2.45, 2.75) is 6.92 Å². The van der Waals surface area contributed by atoms with Crippen LogP contribution in [0.3, 0.4) is 0 Å². The van der Waals surface area contributed by atoms with E-state index in [1.165, 1.54) is 11.3 Å². The highest BCUT2D eigenvalue weighted by Crippen LogP contribution is 2.26. The Labute approximate surface area is 147 Å². The third kappa shape index (κ3) is 3.09. The van der Waals surface area contributed by atoms with Gasteiger partial charge >= 0.3 is 0 Å². The molecule has 3 heterocycles. The number of carbonyl (C=O) groups excluding carboxylic acids is 1. The first-order valence-corrected chi connectivity index (χ1v) is 8.51. The second-order valence-electron chi connectivity index (χ2n) is 5.40. The molecule has 0 atom stereocenters. The molecule has 0 aliphatic carbocycles. The average Bonchev–Trinajstić information content (AvgIpc) is 3.37. The Morgan fingerprint density at radius 3 is 2.72 bits per heavy atom. The number of aromatic nitrogens is 3. The van der Waals surface area contributed by atoms with Gasteiger partial charge in [0.15, 0.2) is 5.69 Å². The smallest absolute Gasteiger partial charge is 0.277 e. The molecule has 0 radical (unpaired) electrons. The fourth-order valence-corrected chi connectivity index (χ4v) is 3.10. The normalized spacial score (nSPS) is 10.8. The maximum Gasteiger partial charge on any atom is 0.277 e. The quantitative estimate of drug-likeness (QED) is 0.573. The van der Waals surface area contributed by atoms with Crippen LogP contribution in [0.2, 0.25) is 0 Å². The molecule has 0 fully saturated rings. The number of oxazole rings is 1. The van der Waals surface area contributed by atoms with Crippen LogP contribution in [0.15, 0.2) is 58.5 Å². The summed E-state index contributed by atoms with van der Waals surface area (Å²) in [6, 6.07) is 13.2. The van der Waals surface area contributed by atoms with E-state index in [1.807, 2.05) is 47.8 Å². The SMILES string of the molecule is Cc1oc(-c2cccs2)nc1C(=O)Nc1ccc(-c2ccn[nH]2)cc1. The van der Waals surface area contributed by atoms with Gasteiger partial charge in [-0.15, -0.1) is 11.3 Å². The lowest BCUT2D eigenvalue weighted by atomic mass is 10.1. The second kappa shape index (κ2) is 6.37. The third-order valence-corrected chi connectivity index (χ3v) is 4.56. The summed E-state index contributed by atoms with van der Waals surface area (Å²) in [4.78, 5) is 17.7. The Morgan fingerprint density at radius 2 is 2.04 bits per heavy atom. The van der Waals surface area contributed by atoms with E-state index < -0.39 is 0 Å². The fourth-order valence-electron chi connectivity index (χ4n) is 2.45. The van der Waals surface area contributed by atoms with Gasteiger partial charge in [-0.3, -0.25) is 9.89 Å². The maximum atomic E-state index is 12.5. The number of aryl methyl sites for hydroxylation is 1. The molecule has 124 valence electrons. The summed E-state index contributed by atoms with van der Waals surface area (Å²) in [7, 11) is 0. The van der Waals surface area contributed by atoms with E-state index in [1.54, 1.807) is 13.1 Å². The molecule has 6 nitrogen and oxygen atoms in total. The van der Waals surface area contributed by atoms with Gasteiger partial charge in [0.05, 0.1) is 10.6 Å². The number of rotatable bonds is 4. The highest BCUT2D eigenvalue weighted by molar-refractivity contribution is 7.13. The van der Waals surface area contributed by atoms with Crippen LogP contribution < -0.4 is 5.32 Å². The van der Waals surface area contributed by atoms with Gasteiger partial charge in [0.1, 0.15) is 5.76 Å². The topological polar surface area (TPSA) is 83.8 Å². The van der Waals surface area contributed by atoms with Gasteiger partial charge in [0, 0.05) is 11.9 Å². The zero-order valence-corrected chi connectivity index (χ0v) is 14.1. The van der Waals surface area contributed by atoms with Gasteiger partial charge in [0.25, 0.3) is 5.91 Å². The highest BCUT2D eigenvalue weighted by atomic mass is 32.1. The van der Waals surface area contributed by atoms with E-state index in [9.17, 15) is 4.79 Å². The van der Waals surface area contributed by atoms with E-state index in [2.05, 4.69) is 20.5 Å². The predicted molar refractivity (Wildman–Crippen MR) is 96.5 cm³/mol. The molecule has 0 aliphatic rings. The molecule has 1 amide bonds. The molecule has 0 saturated heterocycles. The largest absolute Gasteiger partial charge is 0.440 e. The molecule has 0 aliphatic heterocycles. The maximum absolute atomic E-state index is 12.5. The summed E-state index contributed by atoms with van der Waals surface area (Å²) >= 11 is 1.52. The lowest BCUT2D eigenvalue weighted by molar-refractivity contribution is 0.102. The predicted octanol–water partition coefficient (Wildman–Crippen LogP) is 4.35. The number of anilines is 1. The van der Waals surface area contributed by atoms with Gasteiger partial charge in [-0.05, 0) is 42.1 Å². The third-order valence-electron chi connectivity index (χ3n) is 3.70. The van der Waals surface area contributed by atoms with Crippen LogP contribution in [-0.2, 0) is 0 Å². The summed E-state index contributed by atoms with van der Waals surface area (Å²) in [5, 5.41) is 11.6. The van der Waals surface area contributed by atoms with Crippen LogP contribution in [0, 0.1) is 6.92 Å². The number of nitrogens with zero attached hydrogens (tertiary/aromatic N) is 2. The molecule has 0 unspecified atom stereocenters. The van der Waals surface area contributed by atoms with E-state index in [4.69, 9.17) is 4.42 Å². The van der Waals surface area contributed by atoms with Crippen LogP contribution in [0.25, 0.3) is 22.0 Å². The minimum Gasteiger partial charge on any atom is -0.440 e. The summed E-state index contributed by atoms with van der Waals surface area (Å²) in [5.74, 6) is 0.667. The van der Waals surface area contributed by atoms with E-state index in [0.29, 0.717) is 23.0 Å². The van der Waals surface area contributed by atoms with Crippen molar-refractivity contribution in [1.82, 2.24) is 15.2 Å². The molecule has 3 aromatic heterocycles. The molecule has 7 heteroatoms. The first-order valence-electron chi connectivity index (χ1n) is 7.63. The lowest BCUT2D eigenvalue weighted by Gasteiger charge is -2.04. The standard InChI is InChI=1S/C18H14N4O2S/c1-11-16(21-18(24-11)15-3-2-10-25-15)17(23)20-13-6-4-12(5-7-13)14-8-9-19-22-14/h2-10H,1H3,(H,19,22)(H,20,23).